The van der Waals surface area contributed by atoms with E-state index in [0.717, 1.165) is 12.0 Å². The van der Waals surface area contributed by atoms with Crippen molar-refractivity contribution in [1.29, 1.82) is 0 Å². The lowest BCUT2D eigenvalue weighted by Crippen LogP contribution is -2.13. The van der Waals surface area contributed by atoms with Gasteiger partial charge in [-0.05, 0) is 18.1 Å². The number of para-hydroxylation sites is 1. The summed E-state index contributed by atoms with van der Waals surface area (Å²) in [5.41, 5.74) is 4.03. The van der Waals surface area contributed by atoms with Gasteiger partial charge in [-0.3, -0.25) is 5.84 Å². The van der Waals surface area contributed by atoms with Gasteiger partial charge in [0.05, 0.1) is 11.3 Å². The third-order valence-electron chi connectivity index (χ3n) is 1.91. The van der Waals surface area contributed by atoms with Crippen LogP contribution in [0, 0.1) is 0 Å². The molecule has 0 aromatic heterocycles. The number of hydrogen-bond acceptors (Lipinski definition) is 3. The molecule has 1 aromatic carbocycles. The van der Waals surface area contributed by atoms with Crippen LogP contribution in [0.4, 0.5) is 5.69 Å². The first-order valence-electron chi connectivity index (χ1n) is 4.02. The molecule has 0 unspecified atom stereocenters. The maximum absolute atomic E-state index is 10.8. The van der Waals surface area contributed by atoms with E-state index in [2.05, 4.69) is 5.43 Å². The van der Waals surface area contributed by atoms with E-state index < -0.39 is 5.97 Å². The van der Waals surface area contributed by atoms with Gasteiger partial charge in [-0.1, -0.05) is 19.1 Å². The predicted molar refractivity (Wildman–Crippen MR) is 50.6 cm³/mol. The first-order valence-corrected chi connectivity index (χ1v) is 4.02. The van der Waals surface area contributed by atoms with Crippen LogP contribution in [-0.4, -0.2) is 11.1 Å². The highest BCUT2D eigenvalue weighted by Crippen LogP contribution is 2.20. The Balaban J connectivity index is 3.27. The summed E-state index contributed by atoms with van der Waals surface area (Å²) in [7, 11) is 0. The van der Waals surface area contributed by atoms with Gasteiger partial charge in [0.15, 0.2) is 0 Å². The molecule has 1 rings (SSSR count). The minimum absolute atomic E-state index is 0.210. The van der Waals surface area contributed by atoms with Crippen LogP contribution in [0.15, 0.2) is 18.2 Å². The Labute approximate surface area is 76.3 Å². The van der Waals surface area contributed by atoms with E-state index >= 15 is 0 Å². The van der Waals surface area contributed by atoms with Crippen molar-refractivity contribution in [2.45, 2.75) is 13.3 Å². The molecule has 70 valence electrons. The number of carbonyl (C=O) groups is 1. The molecule has 0 aliphatic rings. The van der Waals surface area contributed by atoms with E-state index in [4.69, 9.17) is 10.9 Å². The molecule has 0 spiro atoms. The number of hydrogen-bond donors (Lipinski definition) is 3. The third-order valence-corrected chi connectivity index (χ3v) is 1.91. The summed E-state index contributed by atoms with van der Waals surface area (Å²) in [5, 5.41) is 8.82. The molecule has 13 heavy (non-hydrogen) atoms. The molecule has 0 saturated carbocycles. The first kappa shape index (κ1) is 9.54. The molecule has 0 saturated heterocycles. The van der Waals surface area contributed by atoms with E-state index in [1.165, 1.54) is 6.07 Å². The van der Waals surface area contributed by atoms with Crippen LogP contribution in [0.1, 0.15) is 22.8 Å². The van der Waals surface area contributed by atoms with E-state index in [1.807, 2.05) is 13.0 Å². The van der Waals surface area contributed by atoms with Crippen LogP contribution in [-0.2, 0) is 6.42 Å². The standard InChI is InChI=1S/C9H12N2O2/c1-2-6-4-3-5-7(9(12)13)8(6)11-10/h3-5,11H,2,10H2,1H3,(H,12,13). The Morgan fingerprint density at radius 3 is 2.77 bits per heavy atom. The Morgan fingerprint density at radius 1 is 1.62 bits per heavy atom. The zero-order valence-corrected chi connectivity index (χ0v) is 7.37. The van der Waals surface area contributed by atoms with Crippen molar-refractivity contribution >= 4 is 11.7 Å². The Bertz CT molecular complexity index is 323. The fourth-order valence-corrected chi connectivity index (χ4v) is 1.24. The molecule has 0 radical (unpaired) electrons. The van der Waals surface area contributed by atoms with Crippen LogP contribution in [0.25, 0.3) is 0 Å². The van der Waals surface area contributed by atoms with Gasteiger partial charge >= 0.3 is 5.97 Å². The van der Waals surface area contributed by atoms with Gasteiger partial charge in [0, 0.05) is 0 Å². The number of nitrogen functional groups attached to an aromatic ring is 1. The molecule has 4 heteroatoms. The van der Waals surface area contributed by atoms with Crippen LogP contribution in [0.3, 0.4) is 0 Å². The number of anilines is 1. The van der Waals surface area contributed by atoms with Crippen molar-refractivity contribution in [2.75, 3.05) is 5.43 Å². The second kappa shape index (κ2) is 3.91. The zero-order chi connectivity index (χ0) is 9.84. The number of aromatic carboxylic acids is 1. The highest BCUT2D eigenvalue weighted by atomic mass is 16.4. The smallest absolute Gasteiger partial charge is 0.337 e. The summed E-state index contributed by atoms with van der Waals surface area (Å²) in [6, 6.07) is 5.08. The molecule has 4 nitrogen and oxygen atoms in total. The Kier molecular flexibility index (Phi) is 2.87. The van der Waals surface area contributed by atoms with Gasteiger partial charge in [-0.15, -0.1) is 0 Å². The summed E-state index contributed by atoms with van der Waals surface area (Å²) >= 11 is 0. The van der Waals surface area contributed by atoms with Crippen LogP contribution in [0.5, 0.6) is 0 Å². The van der Waals surface area contributed by atoms with Gasteiger partial charge < -0.3 is 10.5 Å². The van der Waals surface area contributed by atoms with E-state index in [-0.39, 0.29) is 5.56 Å². The monoisotopic (exact) mass is 180 g/mol. The highest BCUT2D eigenvalue weighted by molar-refractivity contribution is 5.94. The summed E-state index contributed by atoms with van der Waals surface area (Å²) in [6.07, 6.45) is 0.751. The Hall–Kier alpha value is -1.55. The first-order chi connectivity index (χ1) is 6.20. The second-order valence-electron chi connectivity index (χ2n) is 2.64. The van der Waals surface area contributed by atoms with Crippen molar-refractivity contribution in [3.8, 4) is 0 Å². The fourth-order valence-electron chi connectivity index (χ4n) is 1.24. The topological polar surface area (TPSA) is 75.3 Å². The van der Waals surface area contributed by atoms with E-state index in [1.54, 1.807) is 6.07 Å². The summed E-state index contributed by atoms with van der Waals surface area (Å²) in [6.45, 7) is 1.95. The Morgan fingerprint density at radius 2 is 2.31 bits per heavy atom. The SMILES string of the molecule is CCc1cccc(C(=O)O)c1NN. The van der Waals surface area contributed by atoms with Crippen molar-refractivity contribution in [2.24, 2.45) is 5.84 Å². The molecule has 1 aromatic rings. The predicted octanol–water partition coefficient (Wildman–Crippen LogP) is 1.23. The van der Waals surface area contributed by atoms with Crippen molar-refractivity contribution in [1.82, 2.24) is 0 Å². The lowest BCUT2D eigenvalue weighted by Gasteiger charge is -2.09. The fraction of sp³-hybridized carbons (Fsp3) is 0.222. The average molecular weight is 180 g/mol. The van der Waals surface area contributed by atoms with Gasteiger partial charge in [0.2, 0.25) is 0 Å². The van der Waals surface area contributed by atoms with Crippen molar-refractivity contribution in [3.63, 3.8) is 0 Å². The summed E-state index contributed by atoms with van der Waals surface area (Å²) in [4.78, 5) is 10.8. The summed E-state index contributed by atoms with van der Waals surface area (Å²) in [5.74, 6) is 4.28. The molecule has 0 aliphatic heterocycles. The minimum atomic E-state index is -0.969. The van der Waals surface area contributed by atoms with Crippen LogP contribution < -0.4 is 11.3 Å². The number of aryl methyl sites for hydroxylation is 1. The molecule has 0 bridgehead atoms. The number of carboxylic acid groups (broad SMARTS) is 1. The van der Waals surface area contributed by atoms with Crippen LogP contribution in [0.2, 0.25) is 0 Å². The maximum Gasteiger partial charge on any atom is 0.337 e. The lowest BCUT2D eigenvalue weighted by molar-refractivity contribution is 0.0698. The lowest BCUT2D eigenvalue weighted by atomic mass is 10.1. The maximum atomic E-state index is 10.8. The second-order valence-corrected chi connectivity index (χ2v) is 2.64. The zero-order valence-electron chi connectivity index (χ0n) is 7.37. The molecule has 0 atom stereocenters. The number of hydrazine groups is 1. The normalized spacial score (nSPS) is 9.69. The molecule has 4 N–H and O–H groups in total. The number of rotatable bonds is 3. The average Bonchev–Trinajstić information content (AvgIpc) is 2.16. The highest BCUT2D eigenvalue weighted by Gasteiger charge is 2.11. The molecule has 0 fully saturated rings. The molecule has 0 aliphatic carbocycles. The number of nitrogens with one attached hydrogen (secondary N) is 1. The largest absolute Gasteiger partial charge is 0.478 e. The van der Waals surface area contributed by atoms with E-state index in [0.29, 0.717) is 5.69 Å². The molecule has 0 amide bonds. The molecule has 0 heterocycles. The van der Waals surface area contributed by atoms with Crippen molar-refractivity contribution < 1.29 is 9.90 Å². The summed E-state index contributed by atoms with van der Waals surface area (Å²) < 4.78 is 0. The van der Waals surface area contributed by atoms with Gasteiger partial charge in [0.25, 0.3) is 0 Å². The minimum Gasteiger partial charge on any atom is -0.478 e. The number of carboxylic acids is 1. The van der Waals surface area contributed by atoms with E-state index in [9.17, 15) is 4.79 Å². The van der Waals surface area contributed by atoms with Gasteiger partial charge in [-0.2, -0.15) is 0 Å². The van der Waals surface area contributed by atoms with Gasteiger partial charge in [-0.25, -0.2) is 4.79 Å². The number of benzene rings is 1. The van der Waals surface area contributed by atoms with Gasteiger partial charge in [0.1, 0.15) is 0 Å². The van der Waals surface area contributed by atoms with Crippen LogP contribution >= 0.6 is 0 Å². The third kappa shape index (κ3) is 1.78. The quantitative estimate of drug-likeness (QED) is 0.483. The van der Waals surface area contributed by atoms with Crippen molar-refractivity contribution in [3.05, 3.63) is 29.3 Å². The molecular formula is C9H12N2O2. The molecular weight excluding hydrogens is 168 g/mol. The number of nitrogens with two attached hydrogens (primary N) is 1.